The molecule has 2 aromatic rings. The van der Waals surface area contributed by atoms with Crippen LogP contribution in [-0.2, 0) is 13.0 Å². The van der Waals surface area contributed by atoms with Crippen LogP contribution in [0, 0.1) is 11.7 Å². The van der Waals surface area contributed by atoms with Gasteiger partial charge in [0.15, 0.2) is 0 Å². The van der Waals surface area contributed by atoms with Gasteiger partial charge in [-0.3, -0.25) is 0 Å². The second kappa shape index (κ2) is 11.1. The van der Waals surface area contributed by atoms with Crippen LogP contribution >= 0.6 is 0 Å². The van der Waals surface area contributed by atoms with Crippen molar-refractivity contribution in [3.63, 3.8) is 0 Å². The summed E-state index contributed by atoms with van der Waals surface area (Å²) in [6.45, 7) is -5.04. The van der Waals surface area contributed by atoms with Crippen LogP contribution in [0.2, 0.25) is 0 Å². The molecule has 0 unspecified atom stereocenters. The fourth-order valence-corrected chi connectivity index (χ4v) is 2.65. The van der Waals surface area contributed by atoms with Crippen LogP contribution < -0.4 is 10.1 Å². The van der Waals surface area contributed by atoms with Gasteiger partial charge in [-0.15, -0.1) is 0 Å². The summed E-state index contributed by atoms with van der Waals surface area (Å²) in [5, 5.41) is 1.97. The molecule has 0 atom stereocenters. The Morgan fingerprint density at radius 2 is 1.84 bits per heavy atom. The molecule has 31 heavy (non-hydrogen) atoms. The number of carbonyl (C=O) groups is 1. The molecule has 0 spiro atoms. The van der Waals surface area contributed by atoms with Gasteiger partial charge in [0, 0.05) is 24.6 Å². The molecular formula is C25H34FN3O2. The van der Waals surface area contributed by atoms with Crippen LogP contribution in [0.15, 0.2) is 48.3 Å². The molecule has 0 aliphatic carbocycles. The van der Waals surface area contributed by atoms with Crippen LogP contribution in [0.5, 0.6) is 5.75 Å². The predicted molar refractivity (Wildman–Crippen MR) is 121 cm³/mol. The average molecular weight is 442 g/mol. The number of nitrogens with one attached hydrogen (secondary N) is 1. The molecule has 1 N–H and O–H groups in total. The minimum Gasteiger partial charge on any atom is -0.493 e. The van der Waals surface area contributed by atoms with Crippen molar-refractivity contribution in [2.24, 2.45) is 5.92 Å². The standard InChI is InChI=1S/C25H34FN3O2/c1-19(2)18-31-24-10-6-20(7-11-24)16-27-25(30)29(23-12-14-28(3)15-13-23)17-21-4-8-22(26)9-5-21/h4-11,19,23H,12-18H2,1-3H3,(H,27,30)/i4D,5D,6D,7D,8D,9D,10D,11D,14D2,15D2,16D2. The Bertz CT molecular complexity index is 1410. The number of carbonyl (C=O) groups excluding carboxylic acids is 1. The molecule has 3 rings (SSSR count). The van der Waals surface area contributed by atoms with Gasteiger partial charge < -0.3 is 19.9 Å². The number of hydrogen-bond acceptors (Lipinski definition) is 3. The smallest absolute Gasteiger partial charge is 0.318 e. The number of urea groups is 1. The third-order valence-corrected chi connectivity index (χ3v) is 4.26. The number of benzene rings is 2. The number of ether oxygens (including phenoxy) is 1. The fraction of sp³-hybridized carbons (Fsp3) is 0.480. The highest BCUT2D eigenvalue weighted by Gasteiger charge is 2.27. The SMILES string of the molecule is [2H]c1c([2H])c(CN(C(=O)NC([2H])([2H])c2c([2H])c([2H])c(OCC(C)C)c([2H])c2[2H])C2CC([2H])([2H])N(C)C([2H])([2H])C2)c([2H])c([2H])c1F. The van der Waals surface area contributed by atoms with Crippen molar-refractivity contribution in [3.05, 3.63) is 65.3 Å². The third-order valence-electron chi connectivity index (χ3n) is 4.26. The lowest BCUT2D eigenvalue weighted by molar-refractivity contribution is 0.127. The van der Waals surface area contributed by atoms with Crippen LogP contribution in [0.3, 0.4) is 0 Å². The molecule has 5 nitrogen and oxygen atoms in total. The van der Waals surface area contributed by atoms with Gasteiger partial charge in [0.2, 0.25) is 0 Å². The maximum absolute atomic E-state index is 14.3. The Morgan fingerprint density at radius 3 is 2.45 bits per heavy atom. The monoisotopic (exact) mass is 441 g/mol. The summed E-state index contributed by atoms with van der Waals surface area (Å²) >= 11 is 0. The summed E-state index contributed by atoms with van der Waals surface area (Å²) in [5.41, 5.74) is -1.36. The molecule has 2 amide bonds. The van der Waals surface area contributed by atoms with Gasteiger partial charge in [0.25, 0.3) is 0 Å². The molecule has 1 aliphatic rings. The van der Waals surface area contributed by atoms with Gasteiger partial charge >= 0.3 is 6.03 Å². The zero-order chi connectivity index (χ0) is 34.6. The first-order valence-corrected chi connectivity index (χ1v) is 9.77. The van der Waals surface area contributed by atoms with E-state index in [2.05, 4.69) is 0 Å². The van der Waals surface area contributed by atoms with Crippen molar-refractivity contribution < 1.29 is 33.1 Å². The van der Waals surface area contributed by atoms with E-state index >= 15 is 0 Å². The maximum atomic E-state index is 14.3. The second-order valence-corrected chi connectivity index (χ2v) is 7.32. The molecule has 2 aromatic carbocycles. The zero-order valence-electron chi connectivity index (χ0n) is 31.6. The first-order valence-electron chi connectivity index (χ1n) is 16.8. The summed E-state index contributed by atoms with van der Waals surface area (Å²) < 4.78 is 136. The van der Waals surface area contributed by atoms with E-state index in [1.807, 2.05) is 5.32 Å². The van der Waals surface area contributed by atoms with Crippen LogP contribution in [-0.4, -0.2) is 48.5 Å². The summed E-state index contributed by atoms with van der Waals surface area (Å²) in [6, 6.07) is -9.65. The molecule has 0 aromatic heterocycles. The molecule has 1 aliphatic heterocycles. The molecule has 1 saturated heterocycles. The van der Waals surface area contributed by atoms with E-state index in [-0.39, 0.29) is 12.5 Å². The lowest BCUT2D eigenvalue weighted by Crippen LogP contribution is -2.49. The quantitative estimate of drug-likeness (QED) is 0.648. The molecule has 168 valence electrons. The number of halogens is 1. The Hall–Kier alpha value is -2.60. The van der Waals surface area contributed by atoms with E-state index < -0.39 is 122 Å². The van der Waals surface area contributed by atoms with Crippen molar-refractivity contribution in [3.8, 4) is 5.75 Å². The predicted octanol–water partition coefficient (Wildman–Crippen LogP) is 4.67. The Kier molecular flexibility index (Phi) is 3.89. The van der Waals surface area contributed by atoms with E-state index in [1.165, 1.54) is 7.05 Å². The van der Waals surface area contributed by atoms with Gasteiger partial charge in [0.05, 0.1) is 20.3 Å². The molecule has 0 radical (unpaired) electrons. The number of likely N-dealkylation sites (tertiary alicyclic amines) is 1. The van der Waals surface area contributed by atoms with E-state index in [0.29, 0.717) is 4.90 Å². The molecule has 6 heteroatoms. The Labute approximate surface area is 204 Å². The first kappa shape index (κ1) is 10.8. The second-order valence-electron chi connectivity index (χ2n) is 7.32. The highest BCUT2D eigenvalue weighted by Crippen LogP contribution is 2.19. The largest absolute Gasteiger partial charge is 0.493 e. The zero-order valence-corrected chi connectivity index (χ0v) is 17.6. The van der Waals surface area contributed by atoms with E-state index in [9.17, 15) is 9.18 Å². The first-order chi connectivity index (χ1) is 20.5. The maximum Gasteiger partial charge on any atom is 0.318 e. The van der Waals surface area contributed by atoms with Gasteiger partial charge in [-0.25, -0.2) is 9.18 Å². The van der Waals surface area contributed by atoms with Gasteiger partial charge in [-0.1, -0.05) is 38.0 Å². The Morgan fingerprint density at radius 1 is 1.23 bits per heavy atom. The van der Waals surface area contributed by atoms with Gasteiger partial charge in [-0.2, -0.15) is 0 Å². The lowest BCUT2D eigenvalue weighted by Gasteiger charge is -2.37. The molecule has 1 heterocycles. The number of amides is 2. The van der Waals surface area contributed by atoms with Crippen LogP contribution in [0.1, 0.15) is 57.0 Å². The number of rotatable bonds is 8. The summed E-state index contributed by atoms with van der Waals surface area (Å²) in [5.74, 6) is -1.90. The van der Waals surface area contributed by atoms with Gasteiger partial charge in [0.1, 0.15) is 11.6 Å². The van der Waals surface area contributed by atoms with E-state index in [0.717, 1.165) is 4.90 Å². The van der Waals surface area contributed by atoms with Crippen molar-refractivity contribution in [2.45, 2.75) is 45.8 Å². The summed E-state index contributed by atoms with van der Waals surface area (Å²) in [6.07, 6.45) is -1.07. The molecule has 1 fully saturated rings. The Balaban J connectivity index is 2.13. The van der Waals surface area contributed by atoms with Crippen molar-refractivity contribution in [2.75, 3.05) is 26.6 Å². The highest BCUT2D eigenvalue weighted by atomic mass is 19.1. The molecule has 0 bridgehead atoms. The van der Waals surface area contributed by atoms with Crippen LogP contribution in [0.4, 0.5) is 9.18 Å². The molecule has 0 saturated carbocycles. The third kappa shape index (κ3) is 7.24. The van der Waals surface area contributed by atoms with Crippen molar-refractivity contribution in [1.29, 1.82) is 0 Å². The topological polar surface area (TPSA) is 44.8 Å². The fourth-order valence-electron chi connectivity index (χ4n) is 2.65. The average Bonchev–Trinajstić information content (AvgIpc) is 2.91. The number of nitrogens with zero attached hydrogens (tertiary/aromatic N) is 2. The van der Waals surface area contributed by atoms with Crippen LogP contribution in [0.25, 0.3) is 0 Å². The van der Waals surface area contributed by atoms with E-state index in [1.54, 1.807) is 13.8 Å². The van der Waals surface area contributed by atoms with E-state index in [4.69, 9.17) is 23.9 Å². The van der Waals surface area contributed by atoms with Crippen molar-refractivity contribution >= 4 is 6.03 Å². The number of hydrogen-bond donors (Lipinski definition) is 1. The van der Waals surface area contributed by atoms with Gasteiger partial charge in [-0.05, 0) is 74.1 Å². The lowest BCUT2D eigenvalue weighted by atomic mass is 10.0. The summed E-state index contributed by atoms with van der Waals surface area (Å²) in [4.78, 5) is 15.3. The number of piperidine rings is 1. The highest BCUT2D eigenvalue weighted by molar-refractivity contribution is 5.74. The summed E-state index contributed by atoms with van der Waals surface area (Å²) in [7, 11) is 1.19. The minimum absolute atomic E-state index is 0.0349. The molecular weight excluding hydrogens is 393 g/mol. The minimum atomic E-state index is -3.12. The normalized spacial score (nSPS) is 25.3. The van der Waals surface area contributed by atoms with Crippen molar-refractivity contribution in [1.82, 2.24) is 15.1 Å².